The molecule has 1 N–H and O–H groups in total. The minimum absolute atomic E-state index is 0.465. The first-order valence-electron chi connectivity index (χ1n) is 4.31. The van der Waals surface area contributed by atoms with Crippen LogP contribution in [0.3, 0.4) is 0 Å². The van der Waals surface area contributed by atoms with Crippen molar-refractivity contribution in [3.8, 4) is 0 Å². The van der Waals surface area contributed by atoms with Crippen molar-refractivity contribution >= 4 is 11.9 Å². The summed E-state index contributed by atoms with van der Waals surface area (Å²) in [6.45, 7) is 6.99. The Morgan fingerprint density at radius 2 is 2.00 bits per heavy atom. The van der Waals surface area contributed by atoms with E-state index >= 15 is 0 Å². The maximum atomic E-state index is 11.1. The van der Waals surface area contributed by atoms with Crippen molar-refractivity contribution in [1.29, 1.82) is 0 Å². The Morgan fingerprint density at radius 1 is 1.50 bits per heavy atom. The molecule has 0 bridgehead atoms. The Balaban J connectivity index is 2.91. The molecule has 0 aromatic carbocycles. The molecule has 2 atom stereocenters. The SMILES string of the molecule is CC(C)(C)C1(C)OC(=O)C(C(=O)O)O1. The van der Waals surface area contributed by atoms with Gasteiger partial charge in [0.2, 0.25) is 5.79 Å². The second kappa shape index (κ2) is 2.95. The van der Waals surface area contributed by atoms with Gasteiger partial charge in [0, 0.05) is 12.3 Å². The van der Waals surface area contributed by atoms with Gasteiger partial charge in [-0.2, -0.15) is 0 Å². The molecule has 0 radical (unpaired) electrons. The lowest BCUT2D eigenvalue weighted by atomic mass is 9.87. The van der Waals surface area contributed by atoms with Gasteiger partial charge in [0.15, 0.2) is 0 Å². The van der Waals surface area contributed by atoms with Crippen LogP contribution in [0.2, 0.25) is 0 Å². The lowest BCUT2D eigenvalue weighted by Crippen LogP contribution is -2.42. The zero-order chi connectivity index (χ0) is 11.1. The smallest absolute Gasteiger partial charge is 0.349 e. The van der Waals surface area contributed by atoms with Crippen LogP contribution in [0.1, 0.15) is 27.7 Å². The molecule has 1 heterocycles. The fraction of sp³-hybridized carbons (Fsp3) is 0.778. The minimum atomic E-state index is -1.50. The molecule has 5 nitrogen and oxygen atoms in total. The molecule has 0 aromatic heterocycles. The van der Waals surface area contributed by atoms with Crippen LogP contribution < -0.4 is 0 Å². The quantitative estimate of drug-likeness (QED) is 0.502. The number of carbonyl (C=O) groups excluding carboxylic acids is 1. The first kappa shape index (κ1) is 11.0. The normalized spacial score (nSPS) is 32.9. The average Bonchev–Trinajstić information content (AvgIpc) is 2.26. The Morgan fingerprint density at radius 3 is 2.21 bits per heavy atom. The molecular weight excluding hydrogens is 188 g/mol. The summed E-state index contributed by atoms with van der Waals surface area (Å²) in [6, 6.07) is 0. The number of rotatable bonds is 1. The fourth-order valence-corrected chi connectivity index (χ4v) is 1.02. The van der Waals surface area contributed by atoms with Crippen LogP contribution in [-0.2, 0) is 19.1 Å². The lowest BCUT2D eigenvalue weighted by Gasteiger charge is -2.35. The summed E-state index contributed by atoms with van der Waals surface area (Å²) >= 11 is 0. The molecule has 0 aromatic rings. The standard InChI is InChI=1S/C9H14O5/c1-8(2,3)9(4)13-5(6(10)11)7(12)14-9/h5H,1-4H3,(H,10,11). The van der Waals surface area contributed by atoms with Gasteiger partial charge in [0.1, 0.15) is 0 Å². The van der Waals surface area contributed by atoms with Crippen LogP contribution in [0.25, 0.3) is 0 Å². The van der Waals surface area contributed by atoms with Gasteiger partial charge < -0.3 is 14.6 Å². The summed E-state index contributed by atoms with van der Waals surface area (Å²) in [5, 5.41) is 8.66. The Bertz CT molecular complexity index is 277. The van der Waals surface area contributed by atoms with Crippen molar-refractivity contribution in [2.75, 3.05) is 0 Å². The summed E-state index contributed by atoms with van der Waals surface area (Å²) in [6.07, 6.45) is -1.50. The van der Waals surface area contributed by atoms with Gasteiger partial charge in [-0.3, -0.25) is 0 Å². The van der Waals surface area contributed by atoms with E-state index in [2.05, 4.69) is 0 Å². The van der Waals surface area contributed by atoms with Crippen LogP contribution >= 0.6 is 0 Å². The maximum Gasteiger partial charge on any atom is 0.349 e. The zero-order valence-corrected chi connectivity index (χ0v) is 8.66. The van der Waals surface area contributed by atoms with Gasteiger partial charge in [-0.25, -0.2) is 9.59 Å². The van der Waals surface area contributed by atoms with E-state index in [1.54, 1.807) is 6.92 Å². The molecule has 2 unspecified atom stereocenters. The summed E-state index contributed by atoms with van der Waals surface area (Å²) in [5.74, 6) is -3.33. The van der Waals surface area contributed by atoms with E-state index in [4.69, 9.17) is 14.6 Å². The first-order valence-corrected chi connectivity index (χ1v) is 4.31. The van der Waals surface area contributed by atoms with E-state index in [1.165, 1.54) is 0 Å². The highest BCUT2D eigenvalue weighted by atomic mass is 16.8. The molecule has 1 aliphatic heterocycles. The van der Waals surface area contributed by atoms with Crippen LogP contribution in [0.5, 0.6) is 0 Å². The van der Waals surface area contributed by atoms with Crippen LogP contribution in [-0.4, -0.2) is 28.9 Å². The van der Waals surface area contributed by atoms with E-state index < -0.39 is 29.2 Å². The van der Waals surface area contributed by atoms with Crippen molar-refractivity contribution < 1.29 is 24.2 Å². The second-order valence-corrected chi connectivity index (χ2v) is 4.45. The van der Waals surface area contributed by atoms with Crippen molar-refractivity contribution in [3.63, 3.8) is 0 Å². The van der Waals surface area contributed by atoms with Crippen LogP contribution in [0.15, 0.2) is 0 Å². The highest BCUT2D eigenvalue weighted by Crippen LogP contribution is 2.39. The largest absolute Gasteiger partial charge is 0.479 e. The highest BCUT2D eigenvalue weighted by Gasteiger charge is 2.54. The predicted molar refractivity (Wildman–Crippen MR) is 46.5 cm³/mol. The highest BCUT2D eigenvalue weighted by molar-refractivity contribution is 5.98. The van der Waals surface area contributed by atoms with Gasteiger partial charge in [0.05, 0.1) is 0 Å². The Labute approximate surface area is 82.0 Å². The zero-order valence-electron chi connectivity index (χ0n) is 8.66. The number of carboxylic acids is 1. The average molecular weight is 202 g/mol. The minimum Gasteiger partial charge on any atom is -0.479 e. The Kier molecular flexibility index (Phi) is 2.31. The van der Waals surface area contributed by atoms with E-state index in [0.717, 1.165) is 0 Å². The van der Waals surface area contributed by atoms with Crippen molar-refractivity contribution in [2.24, 2.45) is 5.41 Å². The summed E-state index contributed by atoms with van der Waals surface area (Å²) in [7, 11) is 0. The molecule has 0 spiro atoms. The number of aliphatic carboxylic acids is 1. The monoisotopic (exact) mass is 202 g/mol. The number of hydrogen-bond donors (Lipinski definition) is 1. The molecule has 80 valence electrons. The second-order valence-electron chi connectivity index (χ2n) is 4.45. The predicted octanol–water partition coefficient (Wildman–Crippen LogP) is 0.775. The van der Waals surface area contributed by atoms with E-state index in [1.807, 2.05) is 20.8 Å². The maximum absolute atomic E-state index is 11.1. The molecule has 5 heteroatoms. The van der Waals surface area contributed by atoms with Gasteiger partial charge in [-0.15, -0.1) is 0 Å². The first-order chi connectivity index (χ1) is 6.17. The van der Waals surface area contributed by atoms with Crippen LogP contribution in [0, 0.1) is 5.41 Å². The molecule has 0 aliphatic carbocycles. The van der Waals surface area contributed by atoms with E-state index in [-0.39, 0.29) is 0 Å². The molecule has 1 saturated heterocycles. The summed E-state index contributed by atoms with van der Waals surface area (Å²) < 4.78 is 10.1. The number of carboxylic acid groups (broad SMARTS) is 1. The number of hydrogen-bond acceptors (Lipinski definition) is 4. The molecule has 14 heavy (non-hydrogen) atoms. The van der Waals surface area contributed by atoms with E-state index in [0.29, 0.717) is 0 Å². The van der Waals surface area contributed by atoms with Crippen molar-refractivity contribution in [2.45, 2.75) is 39.6 Å². The molecule has 0 saturated carbocycles. The van der Waals surface area contributed by atoms with Gasteiger partial charge in [-0.05, 0) is 0 Å². The number of ether oxygens (including phenoxy) is 2. The number of esters is 1. The van der Waals surface area contributed by atoms with E-state index in [9.17, 15) is 9.59 Å². The number of carbonyl (C=O) groups is 2. The van der Waals surface area contributed by atoms with Gasteiger partial charge in [0.25, 0.3) is 6.10 Å². The van der Waals surface area contributed by atoms with Crippen LogP contribution in [0.4, 0.5) is 0 Å². The van der Waals surface area contributed by atoms with Crippen molar-refractivity contribution in [3.05, 3.63) is 0 Å². The van der Waals surface area contributed by atoms with Gasteiger partial charge in [-0.1, -0.05) is 20.8 Å². The number of cyclic esters (lactones) is 1. The molecule has 1 rings (SSSR count). The Hall–Kier alpha value is -1.10. The summed E-state index contributed by atoms with van der Waals surface area (Å²) in [5.41, 5.74) is -0.465. The third-order valence-electron chi connectivity index (χ3n) is 2.44. The molecular formula is C9H14O5. The summed E-state index contributed by atoms with van der Waals surface area (Å²) in [4.78, 5) is 21.8. The third kappa shape index (κ3) is 1.59. The van der Waals surface area contributed by atoms with Crippen molar-refractivity contribution in [1.82, 2.24) is 0 Å². The lowest BCUT2D eigenvalue weighted by molar-refractivity contribution is -0.220. The third-order valence-corrected chi connectivity index (χ3v) is 2.44. The topological polar surface area (TPSA) is 72.8 Å². The molecule has 0 amide bonds. The molecule has 1 aliphatic rings. The fourth-order valence-electron chi connectivity index (χ4n) is 1.02. The molecule has 1 fully saturated rings. The van der Waals surface area contributed by atoms with Gasteiger partial charge >= 0.3 is 11.9 Å².